The van der Waals surface area contributed by atoms with E-state index >= 15 is 0 Å². The van der Waals surface area contributed by atoms with Crippen LogP contribution in [0.5, 0.6) is 0 Å². The number of terminal acetylenes is 1. The molecule has 2 nitrogen and oxygen atoms in total. The molecule has 0 aromatic rings. The van der Waals surface area contributed by atoms with Gasteiger partial charge in [0.15, 0.2) is 0 Å². The normalized spacial score (nSPS) is 22.5. The van der Waals surface area contributed by atoms with E-state index in [1.807, 2.05) is 7.05 Å². The van der Waals surface area contributed by atoms with Gasteiger partial charge in [0.1, 0.15) is 0 Å². The summed E-state index contributed by atoms with van der Waals surface area (Å²) in [5.74, 6) is 2.73. The number of likely N-dealkylation sites (tertiary alicyclic amines) is 1. The highest BCUT2D eigenvalue weighted by atomic mass is 15.2. The van der Waals surface area contributed by atoms with Gasteiger partial charge in [0.05, 0.1) is 0 Å². The Morgan fingerprint density at radius 3 is 3.07 bits per heavy atom. The first kappa shape index (κ1) is 12.5. The number of rotatable bonds is 6. The second kappa shape index (κ2) is 7.73. The van der Waals surface area contributed by atoms with Gasteiger partial charge in [-0.05, 0) is 52.4 Å². The molecule has 0 amide bonds. The molecule has 0 aliphatic carbocycles. The molecule has 1 heterocycles. The predicted molar refractivity (Wildman–Crippen MR) is 65.8 cm³/mol. The first-order valence-corrected chi connectivity index (χ1v) is 6.20. The minimum absolute atomic E-state index is 0.795. The summed E-state index contributed by atoms with van der Waals surface area (Å²) in [5.41, 5.74) is 0. The fourth-order valence-corrected chi connectivity index (χ4v) is 2.38. The van der Waals surface area contributed by atoms with Crippen molar-refractivity contribution in [3.05, 3.63) is 0 Å². The van der Waals surface area contributed by atoms with E-state index < -0.39 is 0 Å². The van der Waals surface area contributed by atoms with Crippen molar-refractivity contribution in [1.29, 1.82) is 0 Å². The smallest absolute Gasteiger partial charge is 0.0107 e. The van der Waals surface area contributed by atoms with Gasteiger partial charge in [-0.1, -0.05) is 6.42 Å². The summed E-state index contributed by atoms with van der Waals surface area (Å²) < 4.78 is 0. The summed E-state index contributed by atoms with van der Waals surface area (Å²) >= 11 is 0. The Kier molecular flexibility index (Phi) is 6.47. The highest BCUT2D eigenvalue weighted by molar-refractivity contribution is 4.84. The first-order chi connectivity index (χ1) is 7.38. The Morgan fingerprint density at radius 2 is 2.33 bits per heavy atom. The maximum absolute atomic E-state index is 5.28. The maximum Gasteiger partial charge on any atom is 0.0107 e. The van der Waals surface area contributed by atoms with Gasteiger partial charge in [0.2, 0.25) is 0 Å². The second-order valence-electron chi connectivity index (χ2n) is 4.39. The number of hydrogen-bond acceptors (Lipinski definition) is 2. The quantitative estimate of drug-likeness (QED) is 0.529. The van der Waals surface area contributed by atoms with Crippen molar-refractivity contribution in [1.82, 2.24) is 10.2 Å². The maximum atomic E-state index is 5.28. The van der Waals surface area contributed by atoms with Gasteiger partial charge in [0.25, 0.3) is 0 Å². The highest BCUT2D eigenvalue weighted by Gasteiger charge is 2.20. The van der Waals surface area contributed by atoms with Crippen molar-refractivity contribution in [2.24, 2.45) is 0 Å². The molecule has 2 heteroatoms. The molecule has 1 N–H and O–H groups in total. The Balaban J connectivity index is 2.26. The predicted octanol–water partition coefficient (Wildman–Crippen LogP) is 1.86. The number of piperidine rings is 1. The van der Waals surface area contributed by atoms with Gasteiger partial charge >= 0.3 is 0 Å². The van der Waals surface area contributed by atoms with E-state index in [-0.39, 0.29) is 0 Å². The molecule has 1 unspecified atom stereocenters. The average Bonchev–Trinajstić information content (AvgIpc) is 2.28. The zero-order chi connectivity index (χ0) is 10.9. The van der Waals surface area contributed by atoms with E-state index in [2.05, 4.69) is 16.1 Å². The lowest BCUT2D eigenvalue weighted by molar-refractivity contribution is 0.139. The van der Waals surface area contributed by atoms with Gasteiger partial charge in [0, 0.05) is 12.5 Å². The summed E-state index contributed by atoms with van der Waals surface area (Å²) in [5, 5.41) is 3.24. The van der Waals surface area contributed by atoms with Crippen LogP contribution in [0, 0.1) is 12.3 Å². The fourth-order valence-electron chi connectivity index (χ4n) is 2.38. The largest absolute Gasteiger partial charge is 0.320 e. The molecule has 0 aromatic carbocycles. The number of hydrogen-bond donors (Lipinski definition) is 1. The van der Waals surface area contributed by atoms with E-state index in [1.165, 1.54) is 38.8 Å². The van der Waals surface area contributed by atoms with E-state index in [4.69, 9.17) is 6.42 Å². The molecule has 86 valence electrons. The Morgan fingerprint density at radius 1 is 1.47 bits per heavy atom. The lowest BCUT2D eigenvalue weighted by atomic mass is 9.99. The molecule has 0 spiro atoms. The zero-order valence-electron chi connectivity index (χ0n) is 9.97. The third kappa shape index (κ3) is 4.68. The van der Waals surface area contributed by atoms with Crippen molar-refractivity contribution in [3.63, 3.8) is 0 Å². The molecule has 1 saturated heterocycles. The minimum atomic E-state index is 0.795. The second-order valence-corrected chi connectivity index (χ2v) is 4.39. The molecule has 0 saturated carbocycles. The number of unbranched alkanes of at least 4 members (excludes halogenated alkanes) is 1. The van der Waals surface area contributed by atoms with Crippen LogP contribution in [0.15, 0.2) is 0 Å². The topological polar surface area (TPSA) is 15.3 Å². The van der Waals surface area contributed by atoms with E-state index in [9.17, 15) is 0 Å². The van der Waals surface area contributed by atoms with Gasteiger partial charge < -0.3 is 10.2 Å². The standard InChI is InChI=1S/C13H24N2/c1-3-4-6-11-15-12-7-5-8-13(15)9-10-14-2/h1,13-14H,4-12H2,2H3. The van der Waals surface area contributed by atoms with Crippen LogP contribution in [0.1, 0.15) is 38.5 Å². The van der Waals surface area contributed by atoms with Gasteiger partial charge in [-0.2, -0.15) is 0 Å². The molecule has 1 atom stereocenters. The Bertz CT molecular complexity index is 195. The average molecular weight is 208 g/mol. The Labute approximate surface area is 94.4 Å². The molecular weight excluding hydrogens is 184 g/mol. The van der Waals surface area contributed by atoms with Crippen LogP contribution in [-0.4, -0.2) is 37.6 Å². The zero-order valence-corrected chi connectivity index (χ0v) is 9.97. The molecule has 1 rings (SSSR count). The summed E-state index contributed by atoms with van der Waals surface area (Å²) in [7, 11) is 2.03. The fraction of sp³-hybridized carbons (Fsp3) is 0.846. The highest BCUT2D eigenvalue weighted by Crippen LogP contribution is 2.19. The first-order valence-electron chi connectivity index (χ1n) is 6.20. The van der Waals surface area contributed by atoms with Crippen molar-refractivity contribution >= 4 is 0 Å². The van der Waals surface area contributed by atoms with E-state index in [1.54, 1.807) is 0 Å². The van der Waals surface area contributed by atoms with Crippen LogP contribution >= 0.6 is 0 Å². The lowest BCUT2D eigenvalue weighted by Gasteiger charge is -2.35. The summed E-state index contributed by atoms with van der Waals surface area (Å²) in [4.78, 5) is 2.64. The lowest BCUT2D eigenvalue weighted by Crippen LogP contribution is -2.41. The molecule has 0 radical (unpaired) electrons. The van der Waals surface area contributed by atoms with Gasteiger partial charge in [-0.25, -0.2) is 0 Å². The van der Waals surface area contributed by atoms with Crippen LogP contribution in [0.3, 0.4) is 0 Å². The SMILES string of the molecule is C#CCCCN1CCCCC1CCNC. The van der Waals surface area contributed by atoms with Crippen molar-refractivity contribution < 1.29 is 0 Å². The Hall–Kier alpha value is -0.520. The summed E-state index contributed by atoms with van der Waals surface area (Å²) in [6.07, 6.45) is 12.8. The number of nitrogens with zero attached hydrogens (tertiary/aromatic N) is 1. The van der Waals surface area contributed by atoms with Gasteiger partial charge in [-0.15, -0.1) is 12.3 Å². The van der Waals surface area contributed by atoms with Gasteiger partial charge in [-0.3, -0.25) is 0 Å². The van der Waals surface area contributed by atoms with Crippen LogP contribution in [0.4, 0.5) is 0 Å². The minimum Gasteiger partial charge on any atom is -0.320 e. The van der Waals surface area contributed by atoms with Crippen LogP contribution < -0.4 is 5.32 Å². The monoisotopic (exact) mass is 208 g/mol. The van der Waals surface area contributed by atoms with Crippen LogP contribution in [-0.2, 0) is 0 Å². The van der Waals surface area contributed by atoms with Crippen molar-refractivity contribution in [3.8, 4) is 12.3 Å². The van der Waals surface area contributed by atoms with E-state index in [0.717, 1.165) is 25.4 Å². The summed E-state index contributed by atoms with van der Waals surface area (Å²) in [6, 6.07) is 0.795. The molecule has 15 heavy (non-hydrogen) atoms. The van der Waals surface area contributed by atoms with Crippen molar-refractivity contribution in [2.45, 2.75) is 44.6 Å². The molecular formula is C13H24N2. The third-order valence-corrected chi connectivity index (χ3v) is 3.24. The third-order valence-electron chi connectivity index (χ3n) is 3.24. The van der Waals surface area contributed by atoms with Crippen molar-refractivity contribution in [2.75, 3.05) is 26.7 Å². The van der Waals surface area contributed by atoms with Crippen LogP contribution in [0.2, 0.25) is 0 Å². The molecule has 0 aromatic heterocycles. The molecule has 1 fully saturated rings. The molecule has 0 bridgehead atoms. The molecule has 1 aliphatic heterocycles. The van der Waals surface area contributed by atoms with E-state index in [0.29, 0.717) is 0 Å². The number of nitrogens with one attached hydrogen (secondary N) is 1. The van der Waals surface area contributed by atoms with Crippen LogP contribution in [0.25, 0.3) is 0 Å². The molecule has 1 aliphatic rings. The summed E-state index contributed by atoms with van der Waals surface area (Å²) in [6.45, 7) is 3.60.